The van der Waals surface area contributed by atoms with Gasteiger partial charge in [-0.2, -0.15) is 4.98 Å². The molecule has 2 saturated heterocycles. The number of halogens is 1. The third-order valence-electron chi connectivity index (χ3n) is 6.46. The fraction of sp³-hybridized carbons (Fsp3) is 0.417. The van der Waals surface area contributed by atoms with Gasteiger partial charge in [-0.05, 0) is 31.5 Å². The van der Waals surface area contributed by atoms with Crippen molar-refractivity contribution in [3.05, 3.63) is 35.4 Å². The van der Waals surface area contributed by atoms with Gasteiger partial charge >= 0.3 is 0 Å². The van der Waals surface area contributed by atoms with Gasteiger partial charge in [0.15, 0.2) is 11.8 Å². The molecule has 2 unspecified atom stereocenters. The third kappa shape index (κ3) is 4.89. The van der Waals surface area contributed by atoms with E-state index in [1.807, 2.05) is 12.1 Å². The topological polar surface area (TPSA) is 127 Å². The third-order valence-corrected chi connectivity index (χ3v) is 6.75. The van der Waals surface area contributed by atoms with Gasteiger partial charge in [0.1, 0.15) is 0 Å². The Labute approximate surface area is 207 Å². The van der Waals surface area contributed by atoms with Crippen LogP contribution < -0.4 is 15.4 Å². The van der Waals surface area contributed by atoms with E-state index in [2.05, 4.69) is 32.0 Å². The quantitative estimate of drug-likeness (QED) is 0.533. The van der Waals surface area contributed by atoms with Crippen molar-refractivity contribution in [3.63, 3.8) is 0 Å². The number of hydrogen-bond acceptors (Lipinski definition) is 7. The molecule has 0 saturated carbocycles. The van der Waals surface area contributed by atoms with Crippen LogP contribution in [0.3, 0.4) is 0 Å². The van der Waals surface area contributed by atoms with Crippen molar-refractivity contribution in [2.45, 2.75) is 19.4 Å². The van der Waals surface area contributed by atoms with Gasteiger partial charge in [-0.15, -0.1) is 0 Å². The van der Waals surface area contributed by atoms with Gasteiger partial charge in [-0.1, -0.05) is 23.7 Å². The van der Waals surface area contributed by atoms with Crippen LogP contribution in [0.25, 0.3) is 22.4 Å². The highest BCUT2D eigenvalue weighted by atomic mass is 35.5. The number of H-pyrrole nitrogens is 1. The normalized spacial score (nSPS) is 19.2. The van der Waals surface area contributed by atoms with Crippen LogP contribution in [0, 0.1) is 5.92 Å². The summed E-state index contributed by atoms with van der Waals surface area (Å²) >= 11 is 6.54. The van der Waals surface area contributed by atoms with Crippen LogP contribution in [0.5, 0.6) is 6.01 Å². The predicted octanol–water partition coefficient (Wildman–Crippen LogP) is 2.22. The summed E-state index contributed by atoms with van der Waals surface area (Å²) in [7, 11) is 0. The lowest BCUT2D eigenvalue weighted by molar-refractivity contribution is -0.137. The van der Waals surface area contributed by atoms with Gasteiger partial charge in [-0.3, -0.25) is 9.59 Å². The van der Waals surface area contributed by atoms with Crippen molar-refractivity contribution in [2.24, 2.45) is 11.7 Å². The molecule has 2 aliphatic rings. The zero-order valence-corrected chi connectivity index (χ0v) is 20.1. The van der Waals surface area contributed by atoms with Crippen molar-refractivity contribution in [3.8, 4) is 17.3 Å². The van der Waals surface area contributed by atoms with Crippen molar-refractivity contribution in [1.29, 1.82) is 0 Å². The largest absolute Gasteiger partial charge is 0.452 e. The second kappa shape index (κ2) is 9.71. The van der Waals surface area contributed by atoms with Gasteiger partial charge in [-0.25, -0.2) is 4.98 Å². The molecule has 0 radical (unpaired) electrons. The number of carbonyl (C=O) groups is 2. The highest BCUT2D eigenvalue weighted by Crippen LogP contribution is 2.31. The minimum Gasteiger partial charge on any atom is -0.452 e. The number of aromatic amines is 1. The Balaban J connectivity index is 1.30. The average Bonchev–Trinajstić information content (AvgIpc) is 3.51. The average molecular weight is 499 g/mol. The molecule has 2 amide bonds. The zero-order valence-electron chi connectivity index (χ0n) is 19.4. The van der Waals surface area contributed by atoms with Crippen molar-refractivity contribution < 1.29 is 19.1 Å². The molecule has 184 valence electrons. The monoisotopic (exact) mass is 498 g/mol. The summed E-state index contributed by atoms with van der Waals surface area (Å²) in [6.07, 6.45) is -0.221. The Morgan fingerprint density at radius 1 is 1.20 bits per heavy atom. The van der Waals surface area contributed by atoms with Crippen LogP contribution >= 0.6 is 11.6 Å². The number of aromatic nitrogens is 3. The predicted molar refractivity (Wildman–Crippen MR) is 131 cm³/mol. The highest BCUT2D eigenvalue weighted by molar-refractivity contribution is 6.33. The number of nitrogens with one attached hydrogen (secondary N) is 1. The van der Waals surface area contributed by atoms with Gasteiger partial charge in [0.2, 0.25) is 5.91 Å². The Morgan fingerprint density at radius 2 is 1.94 bits per heavy atom. The number of ether oxygens (including phenoxy) is 2. The van der Waals surface area contributed by atoms with Crippen LogP contribution in [-0.2, 0) is 14.3 Å². The van der Waals surface area contributed by atoms with E-state index in [-0.39, 0.29) is 23.7 Å². The number of benzene rings is 1. The lowest BCUT2D eigenvalue weighted by Gasteiger charge is -2.28. The van der Waals surface area contributed by atoms with Crippen LogP contribution in [0.1, 0.15) is 13.3 Å². The van der Waals surface area contributed by atoms with E-state index in [9.17, 15) is 9.59 Å². The number of pyridine rings is 1. The van der Waals surface area contributed by atoms with Crippen molar-refractivity contribution >= 4 is 40.3 Å². The Hall–Kier alpha value is -3.37. The summed E-state index contributed by atoms with van der Waals surface area (Å²) in [5.74, 6) is -0.924. The maximum Gasteiger partial charge on any atom is 0.296 e. The van der Waals surface area contributed by atoms with E-state index in [1.54, 1.807) is 17.9 Å². The fourth-order valence-electron chi connectivity index (χ4n) is 4.47. The molecule has 11 heteroatoms. The van der Waals surface area contributed by atoms with Gasteiger partial charge in [0, 0.05) is 37.4 Å². The summed E-state index contributed by atoms with van der Waals surface area (Å²) in [6.45, 7) is 5.62. The fourth-order valence-corrected chi connectivity index (χ4v) is 4.73. The Bertz CT molecular complexity index is 1240. The molecule has 2 atom stereocenters. The molecule has 35 heavy (non-hydrogen) atoms. The minimum absolute atomic E-state index is 0.176. The summed E-state index contributed by atoms with van der Waals surface area (Å²) in [5.41, 5.74) is 9.02. The molecule has 10 nitrogen and oxygen atoms in total. The number of likely N-dealkylation sites (tertiary alicyclic amines) is 1. The number of fused-ring (bicyclic) bond motifs is 1. The summed E-state index contributed by atoms with van der Waals surface area (Å²) < 4.78 is 11.2. The molecule has 1 aromatic carbocycles. The minimum atomic E-state index is -0.787. The van der Waals surface area contributed by atoms with Crippen LogP contribution in [0.15, 0.2) is 30.3 Å². The molecule has 4 heterocycles. The smallest absolute Gasteiger partial charge is 0.296 e. The first-order valence-electron chi connectivity index (χ1n) is 11.6. The number of anilines is 1. The maximum atomic E-state index is 12.7. The van der Waals surface area contributed by atoms with Crippen molar-refractivity contribution in [2.75, 3.05) is 44.3 Å². The molecule has 5 rings (SSSR count). The second-order valence-corrected chi connectivity index (χ2v) is 9.22. The van der Waals surface area contributed by atoms with Gasteiger partial charge < -0.3 is 30.0 Å². The lowest BCUT2D eigenvalue weighted by Crippen LogP contribution is -2.40. The molecule has 2 aliphatic heterocycles. The van der Waals surface area contributed by atoms with Crippen molar-refractivity contribution in [1.82, 2.24) is 19.9 Å². The highest BCUT2D eigenvalue weighted by Gasteiger charge is 2.32. The molecule has 3 aromatic rings. The van der Waals surface area contributed by atoms with E-state index in [1.165, 1.54) is 0 Å². The summed E-state index contributed by atoms with van der Waals surface area (Å²) in [5, 5.41) is 0.477. The molecule has 2 aromatic heterocycles. The number of amides is 2. The number of nitrogens with two attached hydrogens (primary N) is 1. The number of imidazole rings is 1. The molecule has 3 N–H and O–H groups in total. The number of carbonyl (C=O) groups excluding carboxylic acids is 2. The van der Waals surface area contributed by atoms with Gasteiger partial charge in [0.25, 0.3) is 11.9 Å². The first-order valence-corrected chi connectivity index (χ1v) is 12.0. The molecular formula is C24H27ClN6O4. The Morgan fingerprint density at radius 3 is 2.63 bits per heavy atom. The van der Waals surface area contributed by atoms with E-state index in [0.717, 1.165) is 37.6 Å². The molecule has 0 bridgehead atoms. The van der Waals surface area contributed by atoms with E-state index < -0.39 is 6.10 Å². The lowest BCUT2D eigenvalue weighted by atomic mass is 10.1. The van der Waals surface area contributed by atoms with Crippen LogP contribution in [0.4, 0.5) is 5.69 Å². The molecular weight excluding hydrogens is 472 g/mol. The SMILES string of the molecule is CC(Oc1nc2nc(-c3ccc(N4CCOCC4)cc3)c(Cl)cc2[nH]1)C(=O)N1CCC(C(N)=O)C1. The van der Waals surface area contributed by atoms with E-state index >= 15 is 0 Å². The summed E-state index contributed by atoms with van der Waals surface area (Å²) in [4.78, 5) is 40.1. The number of hydrogen-bond donors (Lipinski definition) is 2. The Kier molecular flexibility index (Phi) is 6.48. The number of morpholine rings is 1. The number of primary amides is 1. The summed E-state index contributed by atoms with van der Waals surface area (Å²) in [6, 6.07) is 10.0. The standard InChI is InChI=1S/C24H27ClN6O4/c1-14(23(33)31-7-6-16(13-31)21(26)32)35-24-27-19-12-18(25)20(28-22(19)29-24)15-2-4-17(5-3-15)30-8-10-34-11-9-30/h2-5,12,14,16H,6-11,13H2,1H3,(H2,26,32)(H,27,28,29). The number of rotatable bonds is 6. The first-order chi connectivity index (χ1) is 16.9. The van der Waals surface area contributed by atoms with Gasteiger partial charge in [0.05, 0.1) is 35.4 Å². The van der Waals surface area contributed by atoms with E-state index in [0.29, 0.717) is 41.4 Å². The van der Waals surface area contributed by atoms with E-state index in [4.69, 9.17) is 26.8 Å². The molecule has 0 spiro atoms. The maximum absolute atomic E-state index is 12.7. The number of nitrogens with zero attached hydrogens (tertiary/aromatic N) is 4. The second-order valence-electron chi connectivity index (χ2n) is 8.81. The first kappa shape index (κ1) is 23.4. The molecule has 2 fully saturated rings. The molecule has 0 aliphatic carbocycles. The zero-order chi connectivity index (χ0) is 24.5. The van der Waals surface area contributed by atoms with Crippen LogP contribution in [-0.4, -0.2) is 77.2 Å². The van der Waals surface area contributed by atoms with Crippen LogP contribution in [0.2, 0.25) is 5.02 Å².